The fraction of sp³-hybridized carbons (Fsp3) is 0.500. The highest BCUT2D eigenvalue weighted by atomic mass is 16.1. The zero-order chi connectivity index (χ0) is 11.5. The van der Waals surface area contributed by atoms with E-state index in [-0.39, 0.29) is 11.8 Å². The molecule has 2 heteroatoms. The molecule has 86 valence electrons. The van der Waals surface area contributed by atoms with Gasteiger partial charge in [-0.2, -0.15) is 0 Å². The Hall–Kier alpha value is -1.31. The first-order valence-electron chi connectivity index (χ1n) is 6.07. The summed E-state index contributed by atoms with van der Waals surface area (Å²) in [5.41, 5.74) is 2.22. The van der Waals surface area contributed by atoms with Crippen molar-refractivity contribution < 1.29 is 4.79 Å². The average Bonchev–Trinajstić information content (AvgIpc) is 2.15. The van der Waals surface area contributed by atoms with Crippen molar-refractivity contribution in [2.24, 2.45) is 5.92 Å². The Morgan fingerprint density at radius 1 is 1.25 bits per heavy atom. The fourth-order valence-electron chi connectivity index (χ4n) is 1.87. The molecule has 0 bridgehead atoms. The molecule has 1 N–H and O–H groups in total. The molecule has 0 aliphatic heterocycles. The van der Waals surface area contributed by atoms with Gasteiger partial charge in [-0.1, -0.05) is 32.4 Å². The molecule has 0 heterocycles. The zero-order valence-corrected chi connectivity index (χ0v) is 9.99. The number of rotatable bonds is 3. The molecule has 2 nitrogen and oxygen atoms in total. The van der Waals surface area contributed by atoms with Crippen molar-refractivity contribution in [2.45, 2.75) is 39.0 Å². The Labute approximate surface area is 97.1 Å². The van der Waals surface area contributed by atoms with Crippen LogP contribution in [0.5, 0.6) is 0 Å². The smallest absolute Gasteiger partial charge is 0.227 e. The molecule has 0 atom stereocenters. The molecule has 0 spiro atoms. The van der Waals surface area contributed by atoms with E-state index in [2.05, 4.69) is 31.3 Å². The van der Waals surface area contributed by atoms with E-state index in [0.717, 1.165) is 18.5 Å². The van der Waals surface area contributed by atoms with Crippen LogP contribution in [-0.2, 0) is 4.79 Å². The summed E-state index contributed by atoms with van der Waals surface area (Å²) in [7, 11) is 0. The Kier molecular flexibility index (Phi) is 3.28. The monoisotopic (exact) mass is 217 g/mol. The maximum atomic E-state index is 11.7. The molecule has 1 aromatic rings. The first-order valence-corrected chi connectivity index (χ1v) is 6.07. The second kappa shape index (κ2) is 4.69. The minimum absolute atomic E-state index is 0.184. The van der Waals surface area contributed by atoms with Gasteiger partial charge in [0.25, 0.3) is 0 Å². The van der Waals surface area contributed by atoms with Gasteiger partial charge in [0, 0.05) is 11.6 Å². The van der Waals surface area contributed by atoms with Gasteiger partial charge in [0.1, 0.15) is 0 Å². The van der Waals surface area contributed by atoms with Gasteiger partial charge in [0.05, 0.1) is 0 Å². The van der Waals surface area contributed by atoms with Crippen LogP contribution in [0, 0.1) is 5.92 Å². The normalized spacial score (nSPS) is 15.9. The largest absolute Gasteiger partial charge is 0.326 e. The number of amides is 1. The second-order valence-electron chi connectivity index (χ2n) is 4.89. The van der Waals surface area contributed by atoms with E-state index in [1.165, 1.54) is 12.0 Å². The van der Waals surface area contributed by atoms with Crippen LogP contribution in [0.1, 0.15) is 44.6 Å². The highest BCUT2D eigenvalue weighted by molar-refractivity contribution is 5.92. The standard InChI is InChI=1S/C14H19NO/c1-10(2)11-6-8-13(9-7-11)15-14(16)12-4-3-5-12/h6-10,12H,3-5H2,1-2H3,(H,15,16). The minimum atomic E-state index is 0.184. The lowest BCUT2D eigenvalue weighted by Gasteiger charge is -2.24. The molecule has 1 aromatic carbocycles. The predicted molar refractivity (Wildman–Crippen MR) is 66.5 cm³/mol. The maximum absolute atomic E-state index is 11.7. The lowest BCUT2D eigenvalue weighted by Crippen LogP contribution is -2.27. The van der Waals surface area contributed by atoms with Crippen LogP contribution in [0.4, 0.5) is 5.69 Å². The van der Waals surface area contributed by atoms with Crippen molar-refractivity contribution >= 4 is 11.6 Å². The quantitative estimate of drug-likeness (QED) is 0.824. The average molecular weight is 217 g/mol. The molecule has 1 saturated carbocycles. The Morgan fingerprint density at radius 3 is 2.31 bits per heavy atom. The number of anilines is 1. The summed E-state index contributed by atoms with van der Waals surface area (Å²) in [6.07, 6.45) is 3.30. The van der Waals surface area contributed by atoms with Crippen LogP contribution in [0.25, 0.3) is 0 Å². The van der Waals surface area contributed by atoms with Gasteiger partial charge < -0.3 is 5.32 Å². The first-order chi connectivity index (χ1) is 7.66. The third kappa shape index (κ3) is 2.43. The van der Waals surface area contributed by atoms with Crippen molar-refractivity contribution in [3.8, 4) is 0 Å². The van der Waals surface area contributed by atoms with Crippen molar-refractivity contribution in [3.05, 3.63) is 29.8 Å². The van der Waals surface area contributed by atoms with E-state index in [4.69, 9.17) is 0 Å². The summed E-state index contributed by atoms with van der Waals surface area (Å²) in [5.74, 6) is 0.977. The number of hydrogen-bond acceptors (Lipinski definition) is 1. The molecule has 16 heavy (non-hydrogen) atoms. The lowest BCUT2D eigenvalue weighted by atomic mass is 9.85. The highest BCUT2D eigenvalue weighted by Crippen LogP contribution is 2.27. The van der Waals surface area contributed by atoms with Crippen LogP contribution >= 0.6 is 0 Å². The maximum Gasteiger partial charge on any atom is 0.227 e. The molecular formula is C14H19NO. The molecule has 0 radical (unpaired) electrons. The summed E-state index contributed by atoms with van der Waals surface area (Å²) in [6, 6.07) is 8.15. The van der Waals surface area contributed by atoms with Gasteiger partial charge in [-0.25, -0.2) is 0 Å². The predicted octanol–water partition coefficient (Wildman–Crippen LogP) is 3.55. The Balaban J connectivity index is 1.96. The summed E-state index contributed by atoms with van der Waals surface area (Å²) >= 11 is 0. The molecule has 1 aliphatic carbocycles. The summed E-state index contributed by atoms with van der Waals surface area (Å²) in [6.45, 7) is 4.34. The third-order valence-electron chi connectivity index (χ3n) is 3.32. The van der Waals surface area contributed by atoms with E-state index in [1.54, 1.807) is 0 Å². The minimum Gasteiger partial charge on any atom is -0.326 e. The SMILES string of the molecule is CC(C)c1ccc(NC(=O)C2CCC2)cc1. The molecule has 0 aromatic heterocycles. The van der Waals surface area contributed by atoms with E-state index < -0.39 is 0 Å². The molecule has 2 rings (SSSR count). The molecule has 0 unspecified atom stereocenters. The van der Waals surface area contributed by atoms with E-state index in [1.807, 2.05) is 12.1 Å². The number of carbonyl (C=O) groups is 1. The van der Waals surface area contributed by atoms with Gasteiger partial charge >= 0.3 is 0 Å². The van der Waals surface area contributed by atoms with Crippen molar-refractivity contribution in [1.82, 2.24) is 0 Å². The van der Waals surface area contributed by atoms with Crippen molar-refractivity contribution in [3.63, 3.8) is 0 Å². The van der Waals surface area contributed by atoms with Crippen molar-refractivity contribution in [1.29, 1.82) is 0 Å². The molecule has 1 amide bonds. The van der Waals surface area contributed by atoms with E-state index in [9.17, 15) is 4.79 Å². The van der Waals surface area contributed by atoms with E-state index in [0.29, 0.717) is 5.92 Å². The number of nitrogens with one attached hydrogen (secondary N) is 1. The Morgan fingerprint density at radius 2 is 1.88 bits per heavy atom. The van der Waals surface area contributed by atoms with Gasteiger partial charge in [-0.05, 0) is 36.5 Å². The molecule has 1 aliphatic rings. The van der Waals surface area contributed by atoms with Gasteiger partial charge in [0.15, 0.2) is 0 Å². The summed E-state index contributed by atoms with van der Waals surface area (Å²) < 4.78 is 0. The summed E-state index contributed by atoms with van der Waals surface area (Å²) in [4.78, 5) is 11.7. The van der Waals surface area contributed by atoms with Gasteiger partial charge in [-0.3, -0.25) is 4.79 Å². The van der Waals surface area contributed by atoms with Crippen LogP contribution in [0.15, 0.2) is 24.3 Å². The Bertz CT molecular complexity index is 363. The van der Waals surface area contributed by atoms with Gasteiger partial charge in [-0.15, -0.1) is 0 Å². The first kappa shape index (κ1) is 11.2. The van der Waals surface area contributed by atoms with Gasteiger partial charge in [0.2, 0.25) is 5.91 Å². The molecule has 1 fully saturated rings. The zero-order valence-electron chi connectivity index (χ0n) is 9.99. The molecular weight excluding hydrogens is 198 g/mol. The van der Waals surface area contributed by atoms with Crippen LogP contribution in [0.2, 0.25) is 0 Å². The third-order valence-corrected chi connectivity index (χ3v) is 3.32. The lowest BCUT2D eigenvalue weighted by molar-refractivity contribution is -0.122. The van der Waals surface area contributed by atoms with Crippen LogP contribution in [-0.4, -0.2) is 5.91 Å². The fourth-order valence-corrected chi connectivity index (χ4v) is 1.87. The highest BCUT2D eigenvalue weighted by Gasteiger charge is 2.24. The van der Waals surface area contributed by atoms with Crippen molar-refractivity contribution in [2.75, 3.05) is 5.32 Å². The van der Waals surface area contributed by atoms with E-state index >= 15 is 0 Å². The number of carbonyl (C=O) groups excluding carboxylic acids is 1. The number of hydrogen-bond donors (Lipinski definition) is 1. The number of benzene rings is 1. The molecule has 0 saturated heterocycles. The topological polar surface area (TPSA) is 29.1 Å². The van der Waals surface area contributed by atoms with Crippen LogP contribution in [0.3, 0.4) is 0 Å². The second-order valence-corrected chi connectivity index (χ2v) is 4.89. The van der Waals surface area contributed by atoms with Crippen LogP contribution < -0.4 is 5.32 Å². The summed E-state index contributed by atoms with van der Waals surface area (Å²) in [5, 5.41) is 2.97.